The summed E-state index contributed by atoms with van der Waals surface area (Å²) in [6.07, 6.45) is 0.354. The van der Waals surface area contributed by atoms with Crippen molar-refractivity contribution in [1.82, 2.24) is 20.3 Å². The lowest BCUT2D eigenvalue weighted by Crippen LogP contribution is -2.48. The van der Waals surface area contributed by atoms with Crippen LogP contribution in [-0.2, 0) is 39.9 Å². The molecular formula is C21H32N4O8. The number of hydrogen-bond acceptors (Lipinski definition) is 10. The molecule has 1 aromatic rings. The van der Waals surface area contributed by atoms with E-state index < -0.39 is 66.3 Å². The highest BCUT2D eigenvalue weighted by molar-refractivity contribution is 5.83. The molecule has 1 saturated heterocycles. The molecule has 0 saturated carbocycles. The van der Waals surface area contributed by atoms with Crippen LogP contribution in [0.25, 0.3) is 0 Å². The van der Waals surface area contributed by atoms with Gasteiger partial charge in [-0.2, -0.15) is 0 Å². The van der Waals surface area contributed by atoms with Crippen molar-refractivity contribution in [2.24, 2.45) is 11.8 Å². The molecule has 1 amide bonds. The minimum absolute atomic E-state index is 0.185. The van der Waals surface area contributed by atoms with Crippen LogP contribution in [0.5, 0.6) is 0 Å². The van der Waals surface area contributed by atoms with Gasteiger partial charge >= 0.3 is 24.0 Å². The first-order valence-electron chi connectivity index (χ1n) is 10.8. The van der Waals surface area contributed by atoms with Gasteiger partial charge in [0, 0.05) is 12.7 Å². The molecule has 33 heavy (non-hydrogen) atoms. The van der Waals surface area contributed by atoms with Gasteiger partial charge in [-0.05, 0) is 34.1 Å². The summed E-state index contributed by atoms with van der Waals surface area (Å²) in [7, 11) is 0. The number of cyclic esters (lactones) is 2. The Hall–Kier alpha value is -3.18. The summed E-state index contributed by atoms with van der Waals surface area (Å²) in [4.78, 5) is 50.2. The third-order valence-corrected chi connectivity index (χ3v) is 4.70. The number of carbonyl (C=O) groups excluding carboxylic acids is 4. The number of aryl methyl sites for hydroxylation is 1. The summed E-state index contributed by atoms with van der Waals surface area (Å²) in [5.74, 6) is -3.50. The highest BCUT2D eigenvalue weighted by Crippen LogP contribution is 2.24. The van der Waals surface area contributed by atoms with Crippen LogP contribution < -0.4 is 5.32 Å². The number of aromatic nitrogens is 3. The van der Waals surface area contributed by atoms with E-state index in [0.717, 1.165) is 0 Å². The van der Waals surface area contributed by atoms with Gasteiger partial charge in [0.15, 0.2) is 12.1 Å². The summed E-state index contributed by atoms with van der Waals surface area (Å²) in [6.45, 7) is 9.65. The van der Waals surface area contributed by atoms with Crippen molar-refractivity contribution < 1.29 is 38.1 Å². The van der Waals surface area contributed by atoms with Crippen LogP contribution in [-0.4, -0.2) is 69.5 Å². The Balaban J connectivity index is 2.24. The van der Waals surface area contributed by atoms with Gasteiger partial charge in [-0.3, -0.25) is 14.3 Å². The lowest BCUT2D eigenvalue weighted by molar-refractivity contribution is -0.177. The molecule has 1 N–H and O–H groups in total. The second-order valence-electron chi connectivity index (χ2n) is 9.09. The number of nitrogens with zero attached hydrogens (tertiary/aromatic N) is 3. The molecule has 1 aromatic heterocycles. The number of rotatable bonds is 6. The summed E-state index contributed by atoms with van der Waals surface area (Å²) < 4.78 is 23.1. The molecule has 0 aromatic carbocycles. The molecule has 184 valence electrons. The predicted octanol–water partition coefficient (Wildman–Crippen LogP) is 1.23. The fourth-order valence-corrected chi connectivity index (χ4v) is 3.04. The number of ether oxygens (including phenoxy) is 4. The van der Waals surface area contributed by atoms with Gasteiger partial charge in [-0.1, -0.05) is 19.1 Å². The van der Waals surface area contributed by atoms with Crippen LogP contribution in [0, 0.1) is 11.8 Å². The maximum absolute atomic E-state index is 13.0. The molecule has 4 atom stereocenters. The number of amides is 1. The van der Waals surface area contributed by atoms with E-state index in [1.54, 1.807) is 40.8 Å². The van der Waals surface area contributed by atoms with Gasteiger partial charge in [-0.25, -0.2) is 9.59 Å². The van der Waals surface area contributed by atoms with Crippen molar-refractivity contribution >= 4 is 24.0 Å². The number of nitrogens with one attached hydrogen (secondary N) is 1. The molecule has 1 fully saturated rings. The molecule has 12 nitrogen and oxygen atoms in total. The standard InChI is InChI=1S/C21H32N4O8/c1-12(2)17(26)32-16-13(3)31-19(28)15(23-20(29)33-21(4,5)6)11-30-18(27)14(16)7-9-25-10-8-22-24-25/h8,10,12-16H,7,9,11H2,1-6H3,(H,23,29). The minimum atomic E-state index is -1.29. The van der Waals surface area contributed by atoms with E-state index in [2.05, 4.69) is 15.6 Å². The van der Waals surface area contributed by atoms with Crippen LogP contribution in [0.3, 0.4) is 0 Å². The van der Waals surface area contributed by atoms with Gasteiger partial charge in [-0.15, -0.1) is 5.10 Å². The predicted molar refractivity (Wildman–Crippen MR) is 113 cm³/mol. The third kappa shape index (κ3) is 8.03. The fraction of sp³-hybridized carbons (Fsp3) is 0.714. The van der Waals surface area contributed by atoms with Crippen molar-refractivity contribution in [3.63, 3.8) is 0 Å². The van der Waals surface area contributed by atoms with Gasteiger partial charge < -0.3 is 24.3 Å². The molecule has 0 radical (unpaired) electrons. The highest BCUT2D eigenvalue weighted by Gasteiger charge is 2.42. The van der Waals surface area contributed by atoms with Crippen LogP contribution >= 0.6 is 0 Å². The van der Waals surface area contributed by atoms with Crippen molar-refractivity contribution in [3.05, 3.63) is 12.4 Å². The molecule has 0 aliphatic carbocycles. The molecule has 0 spiro atoms. The number of esters is 3. The second-order valence-corrected chi connectivity index (χ2v) is 9.09. The SMILES string of the molecule is CC(C)C(=O)OC1C(C)OC(=O)C(NC(=O)OC(C)(C)C)COC(=O)C1CCn1ccnn1. The summed E-state index contributed by atoms with van der Waals surface area (Å²) in [5.41, 5.74) is -0.793. The highest BCUT2D eigenvalue weighted by atomic mass is 16.6. The Morgan fingerprint density at radius 1 is 1.27 bits per heavy atom. The van der Waals surface area contributed by atoms with E-state index in [4.69, 9.17) is 18.9 Å². The molecule has 0 bridgehead atoms. The quantitative estimate of drug-likeness (QED) is 0.477. The van der Waals surface area contributed by atoms with Gasteiger partial charge in [0.25, 0.3) is 0 Å². The zero-order valence-corrected chi connectivity index (χ0v) is 19.8. The monoisotopic (exact) mass is 468 g/mol. The van der Waals surface area contributed by atoms with E-state index in [1.807, 2.05) is 0 Å². The Morgan fingerprint density at radius 2 is 1.97 bits per heavy atom. The molecular weight excluding hydrogens is 436 g/mol. The zero-order valence-electron chi connectivity index (χ0n) is 19.8. The second kappa shape index (κ2) is 11.1. The van der Waals surface area contributed by atoms with E-state index in [0.29, 0.717) is 0 Å². The van der Waals surface area contributed by atoms with Crippen molar-refractivity contribution in [2.45, 2.75) is 78.4 Å². The largest absolute Gasteiger partial charge is 0.463 e. The van der Waals surface area contributed by atoms with E-state index in [1.165, 1.54) is 17.8 Å². The minimum Gasteiger partial charge on any atom is -0.463 e. The number of carbonyl (C=O) groups is 4. The Labute approximate surface area is 192 Å². The van der Waals surface area contributed by atoms with Gasteiger partial charge in [0.1, 0.15) is 18.3 Å². The molecule has 4 unspecified atom stereocenters. The average Bonchev–Trinajstić information content (AvgIpc) is 3.21. The zero-order chi connectivity index (χ0) is 24.8. The maximum atomic E-state index is 13.0. The van der Waals surface area contributed by atoms with E-state index in [-0.39, 0.29) is 13.0 Å². The first-order chi connectivity index (χ1) is 15.4. The summed E-state index contributed by atoms with van der Waals surface area (Å²) >= 11 is 0. The smallest absolute Gasteiger partial charge is 0.408 e. The molecule has 12 heteroatoms. The summed E-state index contributed by atoms with van der Waals surface area (Å²) in [5, 5.41) is 9.95. The van der Waals surface area contributed by atoms with Gasteiger partial charge in [0.2, 0.25) is 0 Å². The van der Waals surface area contributed by atoms with Crippen LogP contribution in [0.15, 0.2) is 12.4 Å². The Bertz CT molecular complexity index is 834. The maximum Gasteiger partial charge on any atom is 0.408 e. The number of alkyl carbamates (subject to hydrolysis) is 1. The molecule has 2 rings (SSSR count). The summed E-state index contributed by atoms with van der Waals surface area (Å²) in [6, 6.07) is -1.29. The molecule has 1 aliphatic heterocycles. The topological polar surface area (TPSA) is 148 Å². The Morgan fingerprint density at radius 3 is 2.55 bits per heavy atom. The van der Waals surface area contributed by atoms with Crippen LogP contribution in [0.2, 0.25) is 0 Å². The Kier molecular flexibility index (Phi) is 8.77. The fourth-order valence-electron chi connectivity index (χ4n) is 3.04. The normalized spacial score (nSPS) is 24.1. The average molecular weight is 469 g/mol. The van der Waals surface area contributed by atoms with Crippen LogP contribution in [0.1, 0.15) is 48.0 Å². The molecule has 2 heterocycles. The van der Waals surface area contributed by atoms with Crippen molar-refractivity contribution in [1.29, 1.82) is 0 Å². The van der Waals surface area contributed by atoms with E-state index >= 15 is 0 Å². The lowest BCUT2D eigenvalue weighted by atomic mass is 9.94. The third-order valence-electron chi connectivity index (χ3n) is 4.70. The van der Waals surface area contributed by atoms with E-state index in [9.17, 15) is 19.2 Å². The first-order valence-corrected chi connectivity index (χ1v) is 10.8. The number of hydrogen-bond donors (Lipinski definition) is 1. The van der Waals surface area contributed by atoms with Crippen LogP contribution in [0.4, 0.5) is 4.79 Å². The molecule has 1 aliphatic rings. The van der Waals surface area contributed by atoms with Crippen molar-refractivity contribution in [2.75, 3.05) is 6.61 Å². The van der Waals surface area contributed by atoms with Crippen molar-refractivity contribution in [3.8, 4) is 0 Å². The van der Waals surface area contributed by atoms with Gasteiger partial charge in [0.05, 0.1) is 18.0 Å². The lowest BCUT2D eigenvalue weighted by Gasteiger charge is -2.29. The first kappa shape index (κ1) is 26.1.